The normalized spacial score (nSPS) is 10.9. The molecule has 0 aliphatic rings. The number of nitrogens with zero attached hydrogens (tertiary/aromatic N) is 1. The van der Waals surface area contributed by atoms with Crippen molar-refractivity contribution < 1.29 is 9.53 Å². The van der Waals surface area contributed by atoms with Crippen LogP contribution in [0.5, 0.6) is 5.75 Å². The second-order valence-corrected chi connectivity index (χ2v) is 6.29. The van der Waals surface area contributed by atoms with Crippen LogP contribution >= 0.6 is 0 Å². The highest BCUT2D eigenvalue weighted by atomic mass is 16.5. The summed E-state index contributed by atoms with van der Waals surface area (Å²) < 4.78 is 5.48. The van der Waals surface area contributed by atoms with E-state index in [2.05, 4.69) is 36.5 Å². The van der Waals surface area contributed by atoms with Gasteiger partial charge < -0.3 is 4.74 Å². The number of hydrogen-bond acceptors (Lipinski definition) is 3. The average Bonchev–Trinajstić information content (AvgIpc) is 2.57. The first-order valence-corrected chi connectivity index (χ1v) is 8.61. The third kappa shape index (κ3) is 5.75. The Hall–Kier alpha value is -2.62. The largest absolute Gasteiger partial charge is 0.484 e. The van der Waals surface area contributed by atoms with Crippen molar-refractivity contribution >= 4 is 12.1 Å². The fourth-order valence-electron chi connectivity index (χ4n) is 2.79. The van der Waals surface area contributed by atoms with Crippen LogP contribution in [0.25, 0.3) is 0 Å². The van der Waals surface area contributed by atoms with E-state index >= 15 is 0 Å². The van der Waals surface area contributed by atoms with E-state index in [4.69, 9.17) is 4.74 Å². The van der Waals surface area contributed by atoms with Crippen LogP contribution in [0.2, 0.25) is 0 Å². The molecule has 0 saturated heterocycles. The van der Waals surface area contributed by atoms with Crippen molar-refractivity contribution in [3.63, 3.8) is 0 Å². The van der Waals surface area contributed by atoms with Crippen molar-refractivity contribution in [1.82, 2.24) is 5.43 Å². The molecule has 132 valence electrons. The molecule has 0 spiro atoms. The summed E-state index contributed by atoms with van der Waals surface area (Å²) in [6, 6.07) is 12.0. The molecule has 2 rings (SSSR count). The molecule has 1 amide bonds. The van der Waals surface area contributed by atoms with E-state index in [0.717, 1.165) is 29.5 Å². The second-order valence-electron chi connectivity index (χ2n) is 6.29. The predicted molar refractivity (Wildman–Crippen MR) is 102 cm³/mol. The zero-order chi connectivity index (χ0) is 18.2. The topological polar surface area (TPSA) is 50.7 Å². The molecule has 4 heteroatoms. The Balaban J connectivity index is 1.84. The Kier molecular flexibility index (Phi) is 6.75. The lowest BCUT2D eigenvalue weighted by atomic mass is 10.0. The molecular weight excluding hydrogens is 312 g/mol. The number of benzene rings is 2. The van der Waals surface area contributed by atoms with Gasteiger partial charge in [-0.1, -0.05) is 43.2 Å². The lowest BCUT2D eigenvalue weighted by Crippen LogP contribution is -2.24. The molecule has 0 radical (unpaired) electrons. The molecule has 2 aromatic rings. The second kappa shape index (κ2) is 9.02. The monoisotopic (exact) mass is 338 g/mol. The van der Waals surface area contributed by atoms with E-state index < -0.39 is 0 Å². The summed E-state index contributed by atoms with van der Waals surface area (Å²) in [7, 11) is 0. The molecule has 0 aromatic heterocycles. The minimum Gasteiger partial charge on any atom is -0.484 e. The molecule has 0 saturated carbocycles. The van der Waals surface area contributed by atoms with Crippen LogP contribution in [0.4, 0.5) is 0 Å². The van der Waals surface area contributed by atoms with Gasteiger partial charge in [-0.05, 0) is 56.0 Å². The zero-order valence-electron chi connectivity index (χ0n) is 15.4. The molecular formula is C21H26N2O2. The fraction of sp³-hybridized carbons (Fsp3) is 0.333. The minimum absolute atomic E-state index is 0.0592. The van der Waals surface area contributed by atoms with E-state index in [0.29, 0.717) is 5.75 Å². The maximum absolute atomic E-state index is 11.9. The summed E-state index contributed by atoms with van der Waals surface area (Å²) in [6.07, 6.45) is 3.84. The first kappa shape index (κ1) is 18.7. The molecule has 0 aliphatic heterocycles. The molecule has 25 heavy (non-hydrogen) atoms. The van der Waals surface area contributed by atoms with Crippen LogP contribution < -0.4 is 10.2 Å². The van der Waals surface area contributed by atoms with E-state index in [1.54, 1.807) is 6.21 Å². The van der Waals surface area contributed by atoms with Gasteiger partial charge in [0.25, 0.3) is 5.91 Å². The van der Waals surface area contributed by atoms with Gasteiger partial charge in [-0.25, -0.2) is 5.43 Å². The summed E-state index contributed by atoms with van der Waals surface area (Å²) in [4.78, 5) is 11.9. The number of amides is 1. The van der Waals surface area contributed by atoms with Crippen molar-refractivity contribution in [3.8, 4) is 5.75 Å². The molecule has 0 atom stereocenters. The Morgan fingerprint density at radius 2 is 1.76 bits per heavy atom. The smallest absolute Gasteiger partial charge is 0.277 e. The lowest BCUT2D eigenvalue weighted by molar-refractivity contribution is -0.123. The number of carbonyl (C=O) groups is 1. The van der Waals surface area contributed by atoms with Gasteiger partial charge >= 0.3 is 0 Å². The summed E-state index contributed by atoms with van der Waals surface area (Å²) in [5.41, 5.74) is 8.30. The van der Waals surface area contributed by atoms with Crippen molar-refractivity contribution in [2.24, 2.45) is 5.10 Å². The van der Waals surface area contributed by atoms with Crippen LogP contribution in [0.1, 0.15) is 41.2 Å². The van der Waals surface area contributed by atoms with Crippen LogP contribution in [-0.4, -0.2) is 18.7 Å². The highest BCUT2D eigenvalue weighted by molar-refractivity contribution is 5.85. The van der Waals surface area contributed by atoms with Gasteiger partial charge in [-0.2, -0.15) is 5.10 Å². The van der Waals surface area contributed by atoms with E-state index in [1.807, 2.05) is 38.1 Å². The number of nitrogens with one attached hydrogen (secondary N) is 1. The van der Waals surface area contributed by atoms with Crippen LogP contribution in [-0.2, 0) is 11.2 Å². The molecule has 0 fully saturated rings. The summed E-state index contributed by atoms with van der Waals surface area (Å²) in [5.74, 6) is 0.403. The van der Waals surface area contributed by atoms with Gasteiger partial charge in [0.15, 0.2) is 6.61 Å². The van der Waals surface area contributed by atoms with Gasteiger partial charge in [0.2, 0.25) is 0 Å². The van der Waals surface area contributed by atoms with Crippen LogP contribution in [0.3, 0.4) is 0 Å². The highest BCUT2D eigenvalue weighted by Crippen LogP contribution is 2.14. The van der Waals surface area contributed by atoms with Gasteiger partial charge in [-0.15, -0.1) is 0 Å². The van der Waals surface area contributed by atoms with Crippen molar-refractivity contribution in [1.29, 1.82) is 0 Å². The first-order valence-electron chi connectivity index (χ1n) is 8.61. The highest BCUT2D eigenvalue weighted by Gasteiger charge is 2.03. The SMILES string of the molecule is CCCc1ccc(OCC(=O)NN=Cc2c(C)cc(C)cc2C)cc1. The number of aryl methyl sites for hydroxylation is 4. The predicted octanol–water partition coefficient (Wildman–Crippen LogP) is 4.09. The maximum atomic E-state index is 11.9. The number of ether oxygens (including phenoxy) is 1. The molecule has 0 aliphatic carbocycles. The summed E-state index contributed by atoms with van der Waals surface area (Å²) >= 11 is 0. The maximum Gasteiger partial charge on any atom is 0.277 e. The molecule has 0 heterocycles. The minimum atomic E-state index is -0.281. The summed E-state index contributed by atoms with van der Waals surface area (Å²) in [6.45, 7) is 8.23. The van der Waals surface area contributed by atoms with Crippen molar-refractivity contribution in [2.75, 3.05) is 6.61 Å². The molecule has 0 unspecified atom stereocenters. The van der Waals surface area contributed by atoms with Gasteiger partial charge in [0.1, 0.15) is 5.75 Å². The van der Waals surface area contributed by atoms with E-state index in [9.17, 15) is 4.79 Å². The zero-order valence-corrected chi connectivity index (χ0v) is 15.4. The Morgan fingerprint density at radius 3 is 2.36 bits per heavy atom. The van der Waals surface area contributed by atoms with Crippen molar-refractivity contribution in [2.45, 2.75) is 40.5 Å². The number of rotatable bonds is 7. The van der Waals surface area contributed by atoms with Crippen molar-refractivity contribution in [3.05, 3.63) is 64.2 Å². The Bertz CT molecular complexity index is 726. The van der Waals surface area contributed by atoms with Gasteiger partial charge in [-0.3, -0.25) is 4.79 Å². The van der Waals surface area contributed by atoms with Crippen LogP contribution in [0, 0.1) is 20.8 Å². The molecule has 0 bridgehead atoms. The van der Waals surface area contributed by atoms with Gasteiger partial charge in [0.05, 0.1) is 6.21 Å². The standard InChI is InChI=1S/C21H26N2O2/c1-5-6-18-7-9-19(10-8-18)25-14-21(24)23-22-13-20-16(3)11-15(2)12-17(20)4/h7-13H,5-6,14H2,1-4H3,(H,23,24). The molecule has 1 N–H and O–H groups in total. The third-order valence-electron chi connectivity index (χ3n) is 3.95. The number of hydrogen-bond donors (Lipinski definition) is 1. The molecule has 4 nitrogen and oxygen atoms in total. The van der Waals surface area contributed by atoms with E-state index in [-0.39, 0.29) is 12.5 Å². The quantitative estimate of drug-likeness (QED) is 0.610. The first-order chi connectivity index (χ1) is 12.0. The summed E-state index contributed by atoms with van der Waals surface area (Å²) in [5, 5.41) is 4.04. The average molecular weight is 338 g/mol. The molecule has 2 aromatic carbocycles. The number of carbonyl (C=O) groups excluding carboxylic acids is 1. The third-order valence-corrected chi connectivity index (χ3v) is 3.95. The Labute approximate surface area is 149 Å². The lowest BCUT2D eigenvalue weighted by Gasteiger charge is -2.07. The van der Waals surface area contributed by atoms with Gasteiger partial charge in [0, 0.05) is 5.56 Å². The van der Waals surface area contributed by atoms with Crippen LogP contribution in [0.15, 0.2) is 41.5 Å². The van der Waals surface area contributed by atoms with E-state index in [1.165, 1.54) is 11.1 Å². The Morgan fingerprint density at radius 1 is 1.12 bits per heavy atom. The number of hydrazone groups is 1. The fourth-order valence-corrected chi connectivity index (χ4v) is 2.79.